The summed E-state index contributed by atoms with van der Waals surface area (Å²) in [6, 6.07) is 2.89. The third kappa shape index (κ3) is 5.34. The largest absolute Gasteiger partial charge is 0.469 e. The number of phosphoric acid groups is 1. The molecule has 2 fully saturated rings. The van der Waals surface area contributed by atoms with Crippen LogP contribution < -0.4 is 4.57 Å². The fourth-order valence-corrected chi connectivity index (χ4v) is 3.86. The molecule has 180 valence electrons. The van der Waals surface area contributed by atoms with E-state index in [1.54, 1.807) is 6.92 Å². The quantitative estimate of drug-likeness (QED) is 0.140. The molecule has 6 N–H and O–H groups in total. The van der Waals surface area contributed by atoms with Crippen molar-refractivity contribution in [3.63, 3.8) is 0 Å². The van der Waals surface area contributed by atoms with E-state index in [0.29, 0.717) is 0 Å². The van der Waals surface area contributed by atoms with Crippen molar-refractivity contribution >= 4 is 13.8 Å². The zero-order valence-electron chi connectivity index (χ0n) is 17.3. The van der Waals surface area contributed by atoms with Crippen LogP contribution in [0.2, 0.25) is 0 Å². The average molecular weight is 480 g/mol. The van der Waals surface area contributed by atoms with E-state index in [-0.39, 0.29) is 12.2 Å². The van der Waals surface area contributed by atoms with Gasteiger partial charge in [0.05, 0.1) is 12.7 Å². The Balaban J connectivity index is 1.64. The van der Waals surface area contributed by atoms with Crippen LogP contribution in [0.25, 0.3) is 0 Å². The van der Waals surface area contributed by atoms with Gasteiger partial charge in [-0.05, 0) is 19.9 Å². The molecule has 0 bridgehead atoms. The van der Waals surface area contributed by atoms with Gasteiger partial charge in [-0.2, -0.15) is 4.57 Å². The molecule has 32 heavy (non-hydrogen) atoms. The van der Waals surface area contributed by atoms with Crippen molar-refractivity contribution in [2.45, 2.75) is 62.3 Å². The molecule has 0 aliphatic carbocycles. The van der Waals surface area contributed by atoms with Gasteiger partial charge in [-0.15, -0.1) is 0 Å². The van der Waals surface area contributed by atoms with Crippen LogP contribution in [0, 0.1) is 0 Å². The molecule has 13 nitrogen and oxygen atoms in total. The molecule has 8 atom stereocenters. The van der Waals surface area contributed by atoms with Gasteiger partial charge in [0, 0.05) is 6.07 Å². The number of rotatable bonds is 7. The lowest BCUT2D eigenvalue weighted by molar-refractivity contribution is -0.765. The van der Waals surface area contributed by atoms with Crippen LogP contribution in [0.15, 0.2) is 24.5 Å². The summed E-state index contributed by atoms with van der Waals surface area (Å²) in [6.45, 7) is 2.04. The third-order valence-corrected chi connectivity index (χ3v) is 6.11. The molecule has 1 aromatic heterocycles. The highest BCUT2D eigenvalue weighted by atomic mass is 31.2. The number of aromatic nitrogens is 1. The molecule has 2 aliphatic heterocycles. The second kappa shape index (κ2) is 9.39. The Hall–Kier alpha value is -1.51. The highest BCUT2D eigenvalue weighted by Gasteiger charge is 2.51. The summed E-state index contributed by atoms with van der Waals surface area (Å²) in [5, 5.41) is 40.6. The van der Waals surface area contributed by atoms with Crippen molar-refractivity contribution in [2.24, 2.45) is 0 Å². The predicted molar refractivity (Wildman–Crippen MR) is 102 cm³/mol. The molecular weight excluding hydrogens is 453 g/mol. The van der Waals surface area contributed by atoms with E-state index in [1.807, 2.05) is 0 Å². The van der Waals surface area contributed by atoms with Crippen molar-refractivity contribution in [1.82, 2.24) is 0 Å². The molecule has 14 heteroatoms. The van der Waals surface area contributed by atoms with Crippen molar-refractivity contribution in [3.05, 3.63) is 30.1 Å². The number of aliphatic hydroxyl groups is 4. The topological polar surface area (TPSA) is 196 Å². The number of nitrogens with zero attached hydrogens (tertiary/aromatic N) is 1. The summed E-state index contributed by atoms with van der Waals surface area (Å²) >= 11 is 0. The van der Waals surface area contributed by atoms with Gasteiger partial charge in [0.25, 0.3) is 6.23 Å². The van der Waals surface area contributed by atoms with Crippen molar-refractivity contribution in [3.8, 4) is 0 Å². The Morgan fingerprint density at radius 3 is 2.47 bits per heavy atom. The first-order chi connectivity index (χ1) is 14.8. The van der Waals surface area contributed by atoms with Gasteiger partial charge in [0.2, 0.25) is 0 Å². The lowest BCUT2D eigenvalue weighted by Gasteiger charge is -2.24. The van der Waals surface area contributed by atoms with E-state index in [2.05, 4.69) is 4.52 Å². The molecule has 1 aromatic rings. The van der Waals surface area contributed by atoms with Crippen LogP contribution in [0.1, 0.15) is 30.4 Å². The number of hydrogen-bond acceptors (Lipinski definition) is 10. The van der Waals surface area contributed by atoms with Gasteiger partial charge >= 0.3 is 13.8 Å². The van der Waals surface area contributed by atoms with E-state index in [4.69, 9.17) is 24.0 Å². The lowest BCUT2D eigenvalue weighted by atomic mass is 9.94. The number of aliphatic hydroxyl groups excluding tert-OH is 3. The van der Waals surface area contributed by atoms with Crippen molar-refractivity contribution < 1.29 is 62.9 Å². The molecule has 0 saturated carbocycles. The predicted octanol–water partition coefficient (Wildman–Crippen LogP) is -2.24. The fourth-order valence-electron chi connectivity index (χ4n) is 3.52. The summed E-state index contributed by atoms with van der Waals surface area (Å²) in [5.74, 6) is -0.774. The molecule has 0 unspecified atom stereocenters. The normalized spacial score (nSPS) is 37.6. The number of carbonyl (C=O) groups excluding carboxylic acids is 1. The van der Waals surface area contributed by atoms with Gasteiger partial charge in [-0.1, -0.05) is 0 Å². The highest BCUT2D eigenvalue weighted by Crippen LogP contribution is 2.37. The molecule has 2 aliphatic rings. The Labute approximate surface area is 183 Å². The molecule has 3 rings (SSSR count). The van der Waals surface area contributed by atoms with Crippen molar-refractivity contribution in [2.75, 3.05) is 13.2 Å². The number of phosphoric ester groups is 1. The standard InChI is InChI=1S/C18H26NO12P/c1-9-18(2,24)15(22)12(30-9)7-28-17(23)10-4-3-5-19(6-10)16-14(21)13(20)11(31-16)8-29-32(25,26)27/h3-6,9,11-16,20-22,24H,7-8H2,1-2H3,(H-,25,26,27)/p+1/t9-,11+,12+,13+,14+,15+,16+,18-/m0/s1. The molecule has 0 aromatic carbocycles. The molecule has 0 radical (unpaired) electrons. The van der Waals surface area contributed by atoms with Gasteiger partial charge in [0.15, 0.2) is 18.5 Å². The van der Waals surface area contributed by atoms with Crippen LogP contribution in [0.5, 0.6) is 0 Å². The van der Waals surface area contributed by atoms with Gasteiger partial charge in [-0.25, -0.2) is 9.36 Å². The number of pyridine rings is 1. The maximum absolute atomic E-state index is 12.4. The highest BCUT2D eigenvalue weighted by molar-refractivity contribution is 7.46. The fraction of sp³-hybridized carbons (Fsp3) is 0.667. The van der Waals surface area contributed by atoms with Gasteiger partial charge < -0.3 is 44.4 Å². The van der Waals surface area contributed by atoms with Crippen LogP contribution in [0.3, 0.4) is 0 Å². The number of hydrogen-bond donors (Lipinski definition) is 6. The van der Waals surface area contributed by atoms with E-state index >= 15 is 0 Å². The van der Waals surface area contributed by atoms with Crippen LogP contribution in [-0.2, 0) is 23.3 Å². The second-order valence-electron chi connectivity index (χ2n) is 7.96. The number of carbonyl (C=O) groups is 1. The first-order valence-electron chi connectivity index (χ1n) is 9.76. The number of ether oxygens (including phenoxy) is 3. The Morgan fingerprint density at radius 2 is 1.88 bits per heavy atom. The minimum Gasteiger partial charge on any atom is -0.459 e. The summed E-state index contributed by atoms with van der Waals surface area (Å²) in [4.78, 5) is 30.0. The molecular formula is C18H27NO12P+. The minimum atomic E-state index is -4.80. The minimum absolute atomic E-state index is 0.0556. The summed E-state index contributed by atoms with van der Waals surface area (Å²) in [5.41, 5.74) is -1.43. The van der Waals surface area contributed by atoms with Crippen LogP contribution >= 0.6 is 7.82 Å². The Bertz CT molecular complexity index is 875. The first-order valence-corrected chi connectivity index (χ1v) is 11.3. The smallest absolute Gasteiger partial charge is 0.459 e. The first kappa shape index (κ1) is 25.1. The zero-order valence-corrected chi connectivity index (χ0v) is 18.2. The van der Waals surface area contributed by atoms with Gasteiger partial charge in [-0.3, -0.25) is 4.52 Å². The van der Waals surface area contributed by atoms with E-state index in [1.165, 1.54) is 36.0 Å². The lowest BCUT2D eigenvalue weighted by Crippen LogP contribution is -2.46. The summed E-state index contributed by atoms with van der Waals surface area (Å²) in [7, 11) is -4.80. The maximum Gasteiger partial charge on any atom is 0.469 e. The molecule has 2 saturated heterocycles. The summed E-state index contributed by atoms with van der Waals surface area (Å²) in [6.07, 6.45) is -5.43. The maximum atomic E-state index is 12.4. The monoisotopic (exact) mass is 480 g/mol. The van der Waals surface area contributed by atoms with E-state index in [9.17, 15) is 29.8 Å². The van der Waals surface area contributed by atoms with E-state index in [0.717, 1.165) is 0 Å². The average Bonchev–Trinajstić information content (AvgIpc) is 3.12. The van der Waals surface area contributed by atoms with Crippen molar-refractivity contribution in [1.29, 1.82) is 0 Å². The Morgan fingerprint density at radius 1 is 1.19 bits per heavy atom. The summed E-state index contributed by atoms with van der Waals surface area (Å²) < 4.78 is 32.5. The molecule has 3 heterocycles. The Kier molecular flexibility index (Phi) is 7.37. The molecule has 0 spiro atoms. The second-order valence-corrected chi connectivity index (χ2v) is 9.20. The zero-order chi connectivity index (χ0) is 23.8. The van der Waals surface area contributed by atoms with Crippen LogP contribution in [-0.4, -0.2) is 91.6 Å². The van der Waals surface area contributed by atoms with Gasteiger partial charge in [0.1, 0.15) is 42.2 Å². The number of esters is 1. The molecule has 0 amide bonds. The van der Waals surface area contributed by atoms with E-state index < -0.39 is 68.9 Å². The third-order valence-electron chi connectivity index (χ3n) is 5.63. The van der Waals surface area contributed by atoms with Crippen LogP contribution in [0.4, 0.5) is 0 Å². The SMILES string of the molecule is C[C@@H]1O[C@H](COC(=O)c2ccc[n+]([C@@H]3O[C@H](COP(=O)(O)O)[C@@H](O)[C@H]3O)c2)[C@@H](O)[C@@]1(C)O.